The van der Waals surface area contributed by atoms with Crippen LogP contribution in [0.3, 0.4) is 0 Å². The normalized spacial score (nSPS) is 18.0. The maximum atomic E-state index is 13.3. The van der Waals surface area contributed by atoms with E-state index in [4.69, 9.17) is 9.84 Å². The van der Waals surface area contributed by atoms with Crippen LogP contribution in [0.25, 0.3) is 11.1 Å². The van der Waals surface area contributed by atoms with Gasteiger partial charge in [0.05, 0.1) is 12.5 Å². The van der Waals surface area contributed by atoms with Crippen molar-refractivity contribution in [3.05, 3.63) is 59.7 Å². The highest BCUT2D eigenvalue weighted by Gasteiger charge is 2.36. The van der Waals surface area contributed by atoms with Crippen LogP contribution in [-0.2, 0) is 14.3 Å². The largest absolute Gasteiger partial charge is 0.481 e. The van der Waals surface area contributed by atoms with Crippen LogP contribution in [0.4, 0.5) is 13.6 Å². The number of carboxylic acids is 1. The van der Waals surface area contributed by atoms with Crippen LogP contribution in [0, 0.1) is 0 Å². The topological polar surface area (TPSA) is 95.9 Å². The van der Waals surface area contributed by atoms with Crippen molar-refractivity contribution in [3.63, 3.8) is 0 Å². The number of benzene rings is 2. The molecule has 2 atom stereocenters. The van der Waals surface area contributed by atoms with E-state index < -0.39 is 42.9 Å². The number of hydrogen-bond donors (Lipinski definition) is 2. The van der Waals surface area contributed by atoms with Gasteiger partial charge in [-0.3, -0.25) is 9.59 Å². The summed E-state index contributed by atoms with van der Waals surface area (Å²) in [6, 6.07) is 13.5. The summed E-state index contributed by atoms with van der Waals surface area (Å²) in [5.74, 6) is -1.05. The van der Waals surface area contributed by atoms with Gasteiger partial charge in [-0.25, -0.2) is 13.6 Å². The number of alkyl halides is 2. The Morgan fingerprint density at radius 3 is 2.31 bits per heavy atom. The van der Waals surface area contributed by atoms with Gasteiger partial charge in [-0.15, -0.1) is 0 Å². The van der Waals surface area contributed by atoms with E-state index in [2.05, 4.69) is 5.32 Å². The van der Waals surface area contributed by atoms with E-state index in [1.807, 2.05) is 48.5 Å². The van der Waals surface area contributed by atoms with E-state index in [0.29, 0.717) is 11.5 Å². The molecule has 186 valence electrons. The molecule has 0 saturated carbocycles. The quantitative estimate of drug-likeness (QED) is 0.565. The zero-order valence-corrected chi connectivity index (χ0v) is 19.7. The Morgan fingerprint density at radius 2 is 1.71 bits per heavy atom. The Morgan fingerprint density at radius 1 is 1.09 bits per heavy atom. The average molecular weight is 505 g/mol. The predicted molar refractivity (Wildman–Crippen MR) is 128 cm³/mol. The van der Waals surface area contributed by atoms with Gasteiger partial charge >= 0.3 is 12.1 Å². The Kier molecular flexibility index (Phi) is 7.90. The molecule has 2 aliphatic rings. The van der Waals surface area contributed by atoms with Crippen molar-refractivity contribution in [2.75, 3.05) is 24.7 Å². The molecule has 7 nitrogen and oxygen atoms in total. The molecule has 0 spiro atoms. The maximum Gasteiger partial charge on any atom is 0.407 e. The minimum atomic E-state index is -2.84. The fourth-order valence-corrected chi connectivity index (χ4v) is 5.76. The lowest BCUT2D eigenvalue weighted by Gasteiger charge is -2.37. The lowest BCUT2D eigenvalue weighted by atomic mass is 9.98. The summed E-state index contributed by atoms with van der Waals surface area (Å²) in [5, 5.41) is 11.5. The first kappa shape index (κ1) is 25.0. The van der Waals surface area contributed by atoms with Crippen LogP contribution in [-0.4, -0.2) is 71.1 Å². The van der Waals surface area contributed by atoms with E-state index in [9.17, 15) is 23.2 Å². The fraction of sp³-hybridized carbons (Fsp3) is 0.400. The Labute approximate surface area is 205 Å². The lowest BCUT2D eigenvalue weighted by Crippen LogP contribution is -2.55. The minimum absolute atomic E-state index is 0.0164. The van der Waals surface area contributed by atoms with Crippen molar-refractivity contribution in [3.8, 4) is 11.1 Å². The van der Waals surface area contributed by atoms with Gasteiger partial charge in [0.25, 0.3) is 0 Å². The molecule has 0 bridgehead atoms. The monoisotopic (exact) mass is 504 g/mol. The predicted octanol–water partition coefficient (Wildman–Crippen LogP) is 3.97. The molecular weight excluding hydrogens is 478 g/mol. The summed E-state index contributed by atoms with van der Waals surface area (Å²) in [6.07, 6.45) is -4.97. The van der Waals surface area contributed by atoms with Gasteiger partial charge in [0.15, 0.2) is 0 Å². The van der Waals surface area contributed by atoms with Gasteiger partial charge in [0.2, 0.25) is 12.3 Å². The molecule has 0 radical (unpaired) electrons. The SMILES string of the molecule is O=C(O)CC1CSCCN1C(=O)C(CC(F)F)NC(=O)OCC1c2ccccc2-c2ccccc21. The van der Waals surface area contributed by atoms with Crippen LogP contribution < -0.4 is 5.32 Å². The van der Waals surface area contributed by atoms with E-state index >= 15 is 0 Å². The molecule has 1 heterocycles. The highest BCUT2D eigenvalue weighted by molar-refractivity contribution is 7.99. The van der Waals surface area contributed by atoms with Crippen LogP contribution in [0.1, 0.15) is 29.9 Å². The van der Waals surface area contributed by atoms with Crippen molar-refractivity contribution in [1.82, 2.24) is 10.2 Å². The molecule has 1 aliphatic heterocycles. The molecule has 0 aromatic heterocycles. The van der Waals surface area contributed by atoms with Gasteiger partial charge < -0.3 is 20.1 Å². The number of ether oxygens (including phenoxy) is 1. The molecule has 2 aromatic rings. The number of nitrogens with zero attached hydrogens (tertiary/aromatic N) is 1. The third-order valence-corrected chi connectivity index (χ3v) is 7.36. The number of carbonyl (C=O) groups is 3. The summed E-state index contributed by atoms with van der Waals surface area (Å²) < 4.78 is 32.0. The van der Waals surface area contributed by atoms with E-state index in [0.717, 1.165) is 22.3 Å². The van der Waals surface area contributed by atoms with E-state index in [1.165, 1.54) is 16.7 Å². The van der Waals surface area contributed by atoms with Crippen LogP contribution in [0.5, 0.6) is 0 Å². The standard InChI is InChI=1S/C25H26F2N2O5S/c26-22(27)12-21(24(32)29-9-10-35-14-15(29)11-23(30)31)28-25(33)34-13-20-18-7-3-1-5-16(18)17-6-2-4-8-19(17)20/h1-8,15,20-22H,9-14H2,(H,28,33)(H,30,31). The van der Waals surface area contributed by atoms with Gasteiger partial charge in [-0.1, -0.05) is 48.5 Å². The van der Waals surface area contributed by atoms with Crippen molar-refractivity contribution in [1.29, 1.82) is 0 Å². The lowest BCUT2D eigenvalue weighted by molar-refractivity contribution is -0.141. The Bertz CT molecular complexity index is 1050. The van der Waals surface area contributed by atoms with Gasteiger partial charge in [-0.2, -0.15) is 11.8 Å². The summed E-state index contributed by atoms with van der Waals surface area (Å²) in [4.78, 5) is 38.2. The molecular formula is C25H26F2N2O5S. The molecule has 2 amide bonds. The molecule has 1 fully saturated rings. The molecule has 1 aliphatic carbocycles. The smallest absolute Gasteiger partial charge is 0.407 e. The second kappa shape index (κ2) is 11.1. The summed E-state index contributed by atoms with van der Waals surface area (Å²) in [6.45, 7) is 0.213. The zero-order chi connectivity index (χ0) is 24.9. The van der Waals surface area contributed by atoms with E-state index in [1.54, 1.807) is 0 Å². The van der Waals surface area contributed by atoms with Crippen LogP contribution in [0.15, 0.2) is 48.5 Å². The first-order valence-corrected chi connectivity index (χ1v) is 12.5. The van der Waals surface area contributed by atoms with Crippen molar-refractivity contribution in [2.24, 2.45) is 0 Å². The number of thioether (sulfide) groups is 1. The van der Waals surface area contributed by atoms with Crippen molar-refractivity contribution < 1.29 is 33.0 Å². The third kappa shape index (κ3) is 5.75. The summed E-state index contributed by atoms with van der Waals surface area (Å²) in [5.41, 5.74) is 4.11. The minimum Gasteiger partial charge on any atom is -0.481 e. The second-order valence-electron chi connectivity index (χ2n) is 8.51. The molecule has 1 saturated heterocycles. The second-order valence-corrected chi connectivity index (χ2v) is 9.66. The molecule has 2 aromatic carbocycles. The average Bonchev–Trinajstić information content (AvgIpc) is 3.15. The van der Waals surface area contributed by atoms with Gasteiger partial charge in [0.1, 0.15) is 12.6 Å². The molecule has 2 N–H and O–H groups in total. The number of fused-ring (bicyclic) bond motifs is 3. The number of carbonyl (C=O) groups excluding carboxylic acids is 2. The van der Waals surface area contributed by atoms with Crippen LogP contribution in [0.2, 0.25) is 0 Å². The number of nitrogens with one attached hydrogen (secondary N) is 1. The van der Waals surface area contributed by atoms with Gasteiger partial charge in [0, 0.05) is 30.4 Å². The Balaban J connectivity index is 1.44. The number of hydrogen-bond acceptors (Lipinski definition) is 5. The first-order chi connectivity index (χ1) is 16.8. The molecule has 2 unspecified atom stereocenters. The first-order valence-electron chi connectivity index (χ1n) is 11.3. The zero-order valence-electron chi connectivity index (χ0n) is 18.9. The highest BCUT2D eigenvalue weighted by atomic mass is 32.2. The van der Waals surface area contributed by atoms with Crippen molar-refractivity contribution in [2.45, 2.75) is 37.3 Å². The fourth-order valence-electron chi connectivity index (χ4n) is 4.70. The molecule has 10 heteroatoms. The van der Waals surface area contributed by atoms with Crippen molar-refractivity contribution >= 4 is 29.7 Å². The summed E-state index contributed by atoms with van der Waals surface area (Å²) >= 11 is 1.50. The molecule has 4 rings (SSSR count). The highest BCUT2D eigenvalue weighted by Crippen LogP contribution is 2.44. The van der Waals surface area contributed by atoms with Gasteiger partial charge in [-0.05, 0) is 22.3 Å². The maximum absolute atomic E-state index is 13.3. The Hall–Kier alpha value is -3.14. The number of aliphatic carboxylic acids is 1. The number of rotatable bonds is 8. The number of amides is 2. The third-order valence-electron chi connectivity index (χ3n) is 6.27. The summed E-state index contributed by atoms with van der Waals surface area (Å²) in [7, 11) is 0. The number of alkyl carbamates (subject to hydrolysis) is 1. The van der Waals surface area contributed by atoms with Crippen LogP contribution >= 0.6 is 11.8 Å². The number of halogens is 2. The number of carboxylic acid groups (broad SMARTS) is 1. The molecule has 35 heavy (non-hydrogen) atoms. The van der Waals surface area contributed by atoms with E-state index in [-0.39, 0.29) is 25.5 Å².